The largest absolute Gasteiger partial charge is 0.495 e. The Morgan fingerprint density at radius 3 is 2.81 bits per heavy atom. The topological polar surface area (TPSA) is 77.2 Å². The molecule has 1 aromatic heterocycles. The predicted molar refractivity (Wildman–Crippen MR) is 103 cm³/mol. The molecule has 0 aliphatic carbocycles. The second-order valence-corrected chi connectivity index (χ2v) is 6.66. The van der Waals surface area contributed by atoms with Gasteiger partial charge in [0.25, 0.3) is 0 Å². The van der Waals surface area contributed by atoms with Crippen LogP contribution in [0.2, 0.25) is 5.02 Å². The van der Waals surface area contributed by atoms with Crippen molar-refractivity contribution < 1.29 is 14.1 Å². The van der Waals surface area contributed by atoms with E-state index in [0.717, 1.165) is 5.56 Å². The zero-order valence-corrected chi connectivity index (χ0v) is 15.5. The summed E-state index contributed by atoms with van der Waals surface area (Å²) >= 11 is 7.43. The van der Waals surface area contributed by atoms with Crippen LogP contribution in [0.5, 0.6) is 5.75 Å². The summed E-state index contributed by atoms with van der Waals surface area (Å²) in [5, 5.41) is 7.18. The smallest absolute Gasteiger partial charge is 0.236 e. The summed E-state index contributed by atoms with van der Waals surface area (Å²) in [6, 6.07) is 14.7. The average molecular weight is 390 g/mol. The van der Waals surface area contributed by atoms with E-state index >= 15 is 0 Å². The normalized spacial score (nSPS) is 10.5. The Kier molecular flexibility index (Phi) is 6.14. The number of anilines is 1. The van der Waals surface area contributed by atoms with Gasteiger partial charge < -0.3 is 14.6 Å². The molecule has 0 saturated heterocycles. The van der Waals surface area contributed by atoms with Gasteiger partial charge in [-0.05, 0) is 18.2 Å². The van der Waals surface area contributed by atoms with Gasteiger partial charge in [0.2, 0.25) is 17.6 Å². The third-order valence-corrected chi connectivity index (χ3v) is 4.61. The number of ether oxygens (including phenoxy) is 1. The van der Waals surface area contributed by atoms with Gasteiger partial charge in [0, 0.05) is 11.3 Å². The highest BCUT2D eigenvalue weighted by Crippen LogP contribution is 2.27. The second kappa shape index (κ2) is 8.73. The van der Waals surface area contributed by atoms with E-state index in [1.165, 1.54) is 18.9 Å². The minimum absolute atomic E-state index is 0.140. The first-order valence-electron chi connectivity index (χ1n) is 7.75. The standard InChI is InChI=1S/C18H16ClN3O3S/c1-24-15-8-7-13(9-14(15)19)20-16(23)10-26-11-17-21-18(22-25-17)12-5-3-2-4-6-12/h2-9H,10-11H2,1H3,(H,20,23). The van der Waals surface area contributed by atoms with Gasteiger partial charge in [-0.15, -0.1) is 11.8 Å². The summed E-state index contributed by atoms with van der Waals surface area (Å²) in [7, 11) is 1.54. The van der Waals surface area contributed by atoms with E-state index < -0.39 is 0 Å². The van der Waals surface area contributed by atoms with Crippen molar-refractivity contribution >= 4 is 35.0 Å². The summed E-state index contributed by atoms with van der Waals surface area (Å²) < 4.78 is 10.3. The van der Waals surface area contributed by atoms with Crippen LogP contribution in [0, 0.1) is 0 Å². The first-order chi connectivity index (χ1) is 12.7. The number of benzene rings is 2. The van der Waals surface area contributed by atoms with Gasteiger partial charge in [-0.2, -0.15) is 4.98 Å². The number of halogens is 1. The molecule has 134 valence electrons. The Hall–Kier alpha value is -2.51. The molecule has 8 heteroatoms. The molecule has 6 nitrogen and oxygen atoms in total. The van der Waals surface area contributed by atoms with Gasteiger partial charge >= 0.3 is 0 Å². The van der Waals surface area contributed by atoms with E-state index in [2.05, 4.69) is 15.5 Å². The fourth-order valence-corrected chi connectivity index (χ4v) is 3.10. The maximum absolute atomic E-state index is 12.0. The van der Waals surface area contributed by atoms with Crippen molar-refractivity contribution in [1.82, 2.24) is 10.1 Å². The summed E-state index contributed by atoms with van der Waals surface area (Å²) in [4.78, 5) is 16.4. The molecule has 0 unspecified atom stereocenters. The first kappa shape index (κ1) is 18.3. The highest BCUT2D eigenvalue weighted by molar-refractivity contribution is 7.99. The molecule has 1 amide bonds. The van der Waals surface area contributed by atoms with E-state index in [1.54, 1.807) is 18.2 Å². The van der Waals surface area contributed by atoms with Crippen molar-refractivity contribution in [2.24, 2.45) is 0 Å². The predicted octanol–water partition coefficient (Wildman–Crippen LogP) is 4.27. The minimum atomic E-state index is -0.140. The number of hydrogen-bond donors (Lipinski definition) is 1. The Labute approximate surface area is 159 Å². The lowest BCUT2D eigenvalue weighted by atomic mass is 10.2. The van der Waals surface area contributed by atoms with E-state index in [0.29, 0.717) is 33.9 Å². The van der Waals surface area contributed by atoms with Crippen molar-refractivity contribution in [3.63, 3.8) is 0 Å². The highest BCUT2D eigenvalue weighted by Gasteiger charge is 2.10. The van der Waals surface area contributed by atoms with Crippen molar-refractivity contribution in [3.05, 3.63) is 59.4 Å². The van der Waals surface area contributed by atoms with Gasteiger partial charge in [0.05, 0.1) is 23.6 Å². The number of thioether (sulfide) groups is 1. The van der Waals surface area contributed by atoms with Crippen LogP contribution in [0.3, 0.4) is 0 Å². The number of carbonyl (C=O) groups excluding carboxylic acids is 1. The number of aromatic nitrogens is 2. The van der Waals surface area contributed by atoms with Gasteiger partial charge in [0.1, 0.15) is 5.75 Å². The molecule has 0 spiro atoms. The molecule has 3 aromatic rings. The molecule has 0 radical (unpaired) electrons. The van der Waals surface area contributed by atoms with Crippen LogP contribution in [-0.2, 0) is 10.5 Å². The van der Waals surface area contributed by atoms with Gasteiger partial charge in [-0.1, -0.05) is 47.1 Å². The van der Waals surface area contributed by atoms with Crippen molar-refractivity contribution in [3.8, 4) is 17.1 Å². The third kappa shape index (κ3) is 4.77. The van der Waals surface area contributed by atoms with E-state index in [4.69, 9.17) is 20.9 Å². The average Bonchev–Trinajstić information content (AvgIpc) is 3.11. The van der Waals surface area contributed by atoms with Crippen molar-refractivity contribution in [2.45, 2.75) is 5.75 Å². The zero-order chi connectivity index (χ0) is 18.4. The first-order valence-corrected chi connectivity index (χ1v) is 9.28. The second-order valence-electron chi connectivity index (χ2n) is 5.27. The van der Waals surface area contributed by atoms with Crippen LogP contribution in [0.25, 0.3) is 11.4 Å². The number of hydrogen-bond acceptors (Lipinski definition) is 6. The molecule has 3 rings (SSSR count). The summed E-state index contributed by atoms with van der Waals surface area (Å²) in [5.41, 5.74) is 1.51. The molecule has 0 fully saturated rings. The molecular weight excluding hydrogens is 374 g/mol. The maximum atomic E-state index is 12.0. The molecule has 0 atom stereocenters. The fraction of sp³-hybridized carbons (Fsp3) is 0.167. The van der Waals surface area contributed by atoms with E-state index in [-0.39, 0.29) is 11.7 Å². The van der Waals surface area contributed by atoms with Crippen LogP contribution in [-0.4, -0.2) is 28.9 Å². The molecule has 0 aliphatic rings. The monoisotopic (exact) mass is 389 g/mol. The number of carbonyl (C=O) groups is 1. The third-order valence-electron chi connectivity index (χ3n) is 3.39. The number of nitrogens with one attached hydrogen (secondary N) is 1. The summed E-state index contributed by atoms with van der Waals surface area (Å²) in [5.74, 6) is 2.15. The lowest BCUT2D eigenvalue weighted by molar-refractivity contribution is -0.113. The minimum Gasteiger partial charge on any atom is -0.495 e. The Morgan fingerprint density at radius 2 is 2.08 bits per heavy atom. The Balaban J connectivity index is 1.48. The quantitative estimate of drug-likeness (QED) is 0.650. The number of rotatable bonds is 7. The molecule has 0 bridgehead atoms. The number of nitrogens with zero attached hydrogens (tertiary/aromatic N) is 2. The zero-order valence-electron chi connectivity index (χ0n) is 13.9. The van der Waals surface area contributed by atoms with E-state index in [1.807, 2.05) is 30.3 Å². The van der Waals surface area contributed by atoms with Crippen LogP contribution < -0.4 is 10.1 Å². The summed E-state index contributed by atoms with van der Waals surface area (Å²) in [6.45, 7) is 0. The Bertz CT molecular complexity index is 886. The van der Waals surface area contributed by atoms with Gasteiger partial charge in [0.15, 0.2) is 0 Å². The highest BCUT2D eigenvalue weighted by atomic mass is 35.5. The van der Waals surface area contributed by atoms with Crippen molar-refractivity contribution in [1.29, 1.82) is 0 Å². The SMILES string of the molecule is COc1ccc(NC(=O)CSCc2nc(-c3ccccc3)no2)cc1Cl. The molecular formula is C18H16ClN3O3S. The number of methoxy groups -OCH3 is 1. The number of amides is 1. The molecule has 26 heavy (non-hydrogen) atoms. The van der Waals surface area contributed by atoms with Crippen LogP contribution in [0.1, 0.15) is 5.89 Å². The lowest BCUT2D eigenvalue weighted by Crippen LogP contribution is -2.14. The maximum Gasteiger partial charge on any atom is 0.236 e. The van der Waals surface area contributed by atoms with Crippen LogP contribution in [0.15, 0.2) is 53.1 Å². The Morgan fingerprint density at radius 1 is 1.27 bits per heavy atom. The summed E-state index contributed by atoms with van der Waals surface area (Å²) in [6.07, 6.45) is 0. The van der Waals surface area contributed by atoms with Crippen molar-refractivity contribution in [2.75, 3.05) is 18.2 Å². The van der Waals surface area contributed by atoms with Crippen LogP contribution >= 0.6 is 23.4 Å². The molecule has 0 saturated carbocycles. The molecule has 1 heterocycles. The molecule has 1 N–H and O–H groups in total. The van der Waals surface area contributed by atoms with Gasteiger partial charge in [-0.25, -0.2) is 0 Å². The molecule has 0 aliphatic heterocycles. The van der Waals surface area contributed by atoms with Crippen LogP contribution in [0.4, 0.5) is 5.69 Å². The molecule has 2 aromatic carbocycles. The lowest BCUT2D eigenvalue weighted by Gasteiger charge is -2.07. The van der Waals surface area contributed by atoms with Gasteiger partial charge in [-0.3, -0.25) is 4.79 Å². The fourth-order valence-electron chi connectivity index (χ4n) is 2.19. The van der Waals surface area contributed by atoms with E-state index in [9.17, 15) is 4.79 Å².